The SMILES string of the molecule is C#C[C@H]1OC[C@](O)(n2cnc3cnc(NC4CCCCC4)nc32)[C@H]1O. The minimum Gasteiger partial charge on any atom is -0.384 e. The van der Waals surface area contributed by atoms with Gasteiger partial charge in [-0.1, -0.05) is 25.2 Å². The van der Waals surface area contributed by atoms with E-state index in [0.717, 1.165) is 12.8 Å². The molecule has 3 atom stereocenters. The Morgan fingerprint density at radius 1 is 1.32 bits per heavy atom. The van der Waals surface area contributed by atoms with E-state index in [2.05, 4.69) is 26.2 Å². The Labute approximate surface area is 145 Å². The molecule has 3 heterocycles. The van der Waals surface area contributed by atoms with Crippen LogP contribution in [0.15, 0.2) is 12.5 Å². The number of anilines is 1. The van der Waals surface area contributed by atoms with Gasteiger partial charge in [0.25, 0.3) is 0 Å². The quantitative estimate of drug-likeness (QED) is 0.701. The summed E-state index contributed by atoms with van der Waals surface area (Å²) in [7, 11) is 0. The highest BCUT2D eigenvalue weighted by atomic mass is 16.5. The highest BCUT2D eigenvalue weighted by Gasteiger charge is 2.50. The zero-order valence-electron chi connectivity index (χ0n) is 13.8. The van der Waals surface area contributed by atoms with Crippen molar-refractivity contribution in [1.82, 2.24) is 19.5 Å². The van der Waals surface area contributed by atoms with E-state index in [4.69, 9.17) is 11.2 Å². The topological polar surface area (TPSA) is 105 Å². The van der Waals surface area contributed by atoms with Crippen LogP contribution >= 0.6 is 0 Å². The summed E-state index contributed by atoms with van der Waals surface area (Å²) in [6.07, 6.45) is 12.1. The fourth-order valence-electron chi connectivity index (χ4n) is 3.57. The molecule has 1 aliphatic carbocycles. The first-order valence-electron chi connectivity index (χ1n) is 8.57. The van der Waals surface area contributed by atoms with Crippen molar-refractivity contribution in [2.24, 2.45) is 0 Å². The van der Waals surface area contributed by atoms with Crippen LogP contribution in [0.3, 0.4) is 0 Å². The predicted molar refractivity (Wildman–Crippen MR) is 90.6 cm³/mol. The molecule has 2 aromatic heterocycles. The third kappa shape index (κ3) is 2.74. The van der Waals surface area contributed by atoms with Crippen molar-refractivity contribution in [2.45, 2.75) is 56.1 Å². The second kappa shape index (κ2) is 6.26. The van der Waals surface area contributed by atoms with Gasteiger partial charge in [-0.3, -0.25) is 4.57 Å². The molecule has 0 aromatic carbocycles. The maximum atomic E-state index is 10.9. The molecular weight excluding hydrogens is 322 g/mol. The van der Waals surface area contributed by atoms with Crippen LogP contribution in [0.25, 0.3) is 11.2 Å². The number of rotatable bonds is 3. The van der Waals surface area contributed by atoms with Gasteiger partial charge in [0.2, 0.25) is 5.95 Å². The first-order chi connectivity index (χ1) is 12.1. The maximum Gasteiger partial charge on any atom is 0.224 e. The summed E-state index contributed by atoms with van der Waals surface area (Å²) in [5.41, 5.74) is -0.752. The Balaban J connectivity index is 1.66. The summed E-state index contributed by atoms with van der Waals surface area (Å²) in [6.45, 7) is -0.135. The van der Waals surface area contributed by atoms with E-state index in [-0.39, 0.29) is 6.61 Å². The van der Waals surface area contributed by atoms with Gasteiger partial charge in [0.05, 0.1) is 19.1 Å². The fourth-order valence-corrected chi connectivity index (χ4v) is 3.57. The number of ether oxygens (including phenoxy) is 1. The number of aromatic nitrogens is 4. The summed E-state index contributed by atoms with van der Waals surface area (Å²) in [4.78, 5) is 13.0. The van der Waals surface area contributed by atoms with Gasteiger partial charge in [-0.25, -0.2) is 9.97 Å². The van der Waals surface area contributed by atoms with Gasteiger partial charge in [-0.05, 0) is 12.8 Å². The Morgan fingerprint density at radius 3 is 2.84 bits per heavy atom. The Bertz CT molecular complexity index is 810. The van der Waals surface area contributed by atoms with Crippen LogP contribution in [-0.2, 0) is 10.5 Å². The zero-order chi connectivity index (χ0) is 17.4. The van der Waals surface area contributed by atoms with E-state index >= 15 is 0 Å². The summed E-state index contributed by atoms with van der Waals surface area (Å²) in [5, 5.41) is 24.6. The van der Waals surface area contributed by atoms with Crippen LogP contribution < -0.4 is 5.32 Å². The van der Waals surface area contributed by atoms with Gasteiger partial charge >= 0.3 is 0 Å². The predicted octanol–water partition coefficient (Wildman–Crippen LogP) is 0.609. The van der Waals surface area contributed by atoms with Crippen molar-refractivity contribution in [1.29, 1.82) is 0 Å². The fraction of sp³-hybridized carbons (Fsp3) is 0.588. The second-order valence-corrected chi connectivity index (χ2v) is 6.72. The number of nitrogens with zero attached hydrogens (tertiary/aromatic N) is 4. The van der Waals surface area contributed by atoms with Gasteiger partial charge in [0.15, 0.2) is 11.4 Å². The highest BCUT2D eigenvalue weighted by molar-refractivity contribution is 5.71. The normalized spacial score (nSPS) is 30.4. The lowest BCUT2D eigenvalue weighted by Crippen LogP contribution is -2.45. The number of hydrogen-bond acceptors (Lipinski definition) is 7. The van der Waals surface area contributed by atoms with E-state index < -0.39 is 17.9 Å². The number of terminal acetylenes is 1. The minimum absolute atomic E-state index is 0.135. The molecule has 2 aliphatic rings. The highest BCUT2D eigenvalue weighted by Crippen LogP contribution is 2.32. The lowest BCUT2D eigenvalue weighted by molar-refractivity contribution is -0.105. The maximum absolute atomic E-state index is 10.9. The first-order valence-corrected chi connectivity index (χ1v) is 8.57. The third-order valence-corrected chi connectivity index (χ3v) is 5.05. The van der Waals surface area contributed by atoms with E-state index in [1.54, 1.807) is 6.20 Å². The largest absolute Gasteiger partial charge is 0.384 e. The molecule has 0 radical (unpaired) electrons. The molecule has 0 bridgehead atoms. The zero-order valence-corrected chi connectivity index (χ0v) is 13.8. The van der Waals surface area contributed by atoms with E-state index in [1.807, 2.05) is 0 Å². The van der Waals surface area contributed by atoms with Gasteiger partial charge in [-0.15, -0.1) is 6.42 Å². The Kier molecular flexibility index (Phi) is 4.07. The van der Waals surface area contributed by atoms with Gasteiger partial charge in [0, 0.05) is 6.04 Å². The number of aliphatic hydroxyl groups is 2. The van der Waals surface area contributed by atoms with E-state index in [1.165, 1.54) is 30.2 Å². The standard InChI is InChI=1S/C17H21N5O3/c1-2-13-14(23)17(24,9-25-13)22-10-19-12-8-18-16(21-15(12)22)20-11-6-4-3-5-7-11/h1,8,10-11,13-14,23-24H,3-7,9H2,(H,18,20,21)/t13-,14+,17-/m1/s1. The van der Waals surface area contributed by atoms with Crippen LogP contribution in [0.1, 0.15) is 32.1 Å². The minimum atomic E-state index is -1.71. The molecule has 0 amide bonds. The number of imidazole rings is 1. The molecule has 3 N–H and O–H groups in total. The van der Waals surface area contributed by atoms with E-state index in [0.29, 0.717) is 23.2 Å². The second-order valence-electron chi connectivity index (χ2n) is 6.72. The van der Waals surface area contributed by atoms with Crippen molar-refractivity contribution < 1.29 is 14.9 Å². The molecular formula is C17H21N5O3. The third-order valence-electron chi connectivity index (χ3n) is 5.05. The average Bonchev–Trinajstić information content (AvgIpc) is 3.18. The lowest BCUT2D eigenvalue weighted by Gasteiger charge is -2.27. The number of hydrogen-bond donors (Lipinski definition) is 3. The van der Waals surface area contributed by atoms with Crippen molar-refractivity contribution in [3.05, 3.63) is 12.5 Å². The summed E-state index contributed by atoms with van der Waals surface area (Å²) in [6, 6.07) is 0.358. The van der Waals surface area contributed by atoms with Crippen molar-refractivity contribution in [3.63, 3.8) is 0 Å². The molecule has 8 nitrogen and oxygen atoms in total. The van der Waals surface area contributed by atoms with Crippen LogP contribution in [0, 0.1) is 12.3 Å². The van der Waals surface area contributed by atoms with Crippen LogP contribution in [0.2, 0.25) is 0 Å². The summed E-state index contributed by atoms with van der Waals surface area (Å²) in [5.74, 6) is 2.83. The molecule has 0 unspecified atom stereocenters. The molecule has 4 rings (SSSR count). The number of nitrogens with one attached hydrogen (secondary N) is 1. The summed E-state index contributed by atoms with van der Waals surface area (Å²) < 4.78 is 6.73. The van der Waals surface area contributed by atoms with Crippen LogP contribution in [0.5, 0.6) is 0 Å². The molecule has 1 saturated heterocycles. The van der Waals surface area contributed by atoms with Crippen LogP contribution in [0.4, 0.5) is 5.95 Å². The Morgan fingerprint density at radius 2 is 2.12 bits per heavy atom. The molecule has 2 fully saturated rings. The van der Waals surface area contributed by atoms with Gasteiger partial charge in [0.1, 0.15) is 17.7 Å². The smallest absolute Gasteiger partial charge is 0.224 e. The Hall–Kier alpha value is -2.21. The molecule has 1 aliphatic heterocycles. The number of fused-ring (bicyclic) bond motifs is 1. The molecule has 2 aromatic rings. The molecule has 132 valence electrons. The molecule has 0 spiro atoms. The lowest BCUT2D eigenvalue weighted by atomic mass is 9.96. The van der Waals surface area contributed by atoms with Crippen molar-refractivity contribution >= 4 is 17.1 Å². The molecule has 1 saturated carbocycles. The van der Waals surface area contributed by atoms with Gasteiger partial charge < -0.3 is 20.3 Å². The first kappa shape index (κ1) is 16.3. The van der Waals surface area contributed by atoms with Gasteiger partial charge in [-0.2, -0.15) is 4.98 Å². The monoisotopic (exact) mass is 343 g/mol. The van der Waals surface area contributed by atoms with E-state index in [9.17, 15) is 10.2 Å². The average molecular weight is 343 g/mol. The summed E-state index contributed by atoms with van der Waals surface area (Å²) >= 11 is 0. The molecule has 8 heteroatoms. The molecule has 25 heavy (non-hydrogen) atoms. The number of aliphatic hydroxyl groups excluding tert-OH is 1. The van der Waals surface area contributed by atoms with Crippen LogP contribution in [-0.4, -0.2) is 54.6 Å². The van der Waals surface area contributed by atoms with Crippen molar-refractivity contribution in [2.75, 3.05) is 11.9 Å². The van der Waals surface area contributed by atoms with Crippen molar-refractivity contribution in [3.8, 4) is 12.3 Å².